The molecular weight excluding hydrogens is 571 g/mol. The van der Waals surface area contributed by atoms with Gasteiger partial charge in [0.2, 0.25) is 0 Å². The maximum Gasteiger partial charge on any atom is 0.417 e. The van der Waals surface area contributed by atoms with E-state index in [-0.39, 0.29) is 26.8 Å². The third-order valence-electron chi connectivity index (χ3n) is 6.32. The first-order valence-electron chi connectivity index (χ1n) is 11.9. The molecule has 0 unspecified atom stereocenters. The van der Waals surface area contributed by atoms with Crippen molar-refractivity contribution < 1.29 is 30.4 Å². The molecular formula is C28H21F5N2O3S2. The van der Waals surface area contributed by atoms with E-state index in [1.165, 1.54) is 25.1 Å². The lowest BCUT2D eigenvalue weighted by molar-refractivity contribution is -0.137. The van der Waals surface area contributed by atoms with Gasteiger partial charge in [-0.25, -0.2) is 17.2 Å². The molecule has 40 heavy (non-hydrogen) atoms. The number of hydrogen-bond donors (Lipinski definition) is 0. The molecule has 0 radical (unpaired) electrons. The number of hydrogen-bond acceptors (Lipinski definition) is 5. The SMILES string of the molecule is CCc1cc(-c2ccc(-c3cc(C(F)(F)F)c(C#N)c(=O)n3Cc3ccc(F)cc3F)s2)cc(S(=O)(=O)CC)c1. The van der Waals surface area contributed by atoms with Crippen molar-refractivity contribution in [3.8, 4) is 27.1 Å². The third kappa shape index (κ3) is 5.71. The van der Waals surface area contributed by atoms with Gasteiger partial charge >= 0.3 is 6.18 Å². The van der Waals surface area contributed by atoms with Gasteiger partial charge < -0.3 is 4.57 Å². The fraction of sp³-hybridized carbons (Fsp3) is 0.214. The van der Waals surface area contributed by atoms with Gasteiger partial charge in [-0.1, -0.05) is 26.0 Å². The van der Waals surface area contributed by atoms with Crippen molar-refractivity contribution in [2.24, 2.45) is 0 Å². The number of halogens is 5. The molecule has 0 bridgehead atoms. The zero-order valence-corrected chi connectivity index (χ0v) is 22.8. The lowest BCUT2D eigenvalue weighted by Gasteiger charge is -2.17. The number of nitrogens with zero attached hydrogens (tertiary/aromatic N) is 2. The van der Waals surface area contributed by atoms with Crippen molar-refractivity contribution in [2.45, 2.75) is 37.9 Å². The van der Waals surface area contributed by atoms with Crippen LogP contribution in [0.25, 0.3) is 21.0 Å². The molecule has 0 aliphatic carbocycles. The molecule has 208 valence electrons. The summed E-state index contributed by atoms with van der Waals surface area (Å²) in [5.74, 6) is -2.00. The Morgan fingerprint density at radius 1 is 0.975 bits per heavy atom. The second kappa shape index (κ2) is 11.0. The highest BCUT2D eigenvalue weighted by molar-refractivity contribution is 7.91. The smallest absolute Gasteiger partial charge is 0.302 e. The van der Waals surface area contributed by atoms with Crippen LogP contribution in [0.4, 0.5) is 22.0 Å². The van der Waals surface area contributed by atoms with Crippen molar-refractivity contribution in [3.05, 3.63) is 98.8 Å². The molecule has 0 saturated carbocycles. The Hall–Kier alpha value is -3.82. The Bertz CT molecular complexity index is 1820. The molecule has 2 aromatic carbocycles. The third-order valence-corrected chi connectivity index (χ3v) is 9.19. The van der Waals surface area contributed by atoms with Gasteiger partial charge in [-0.3, -0.25) is 4.79 Å². The Kier molecular flexibility index (Phi) is 8.01. The van der Waals surface area contributed by atoms with Gasteiger partial charge in [-0.2, -0.15) is 18.4 Å². The largest absolute Gasteiger partial charge is 0.417 e. The van der Waals surface area contributed by atoms with E-state index in [1.54, 1.807) is 18.2 Å². The van der Waals surface area contributed by atoms with Gasteiger partial charge in [0.1, 0.15) is 23.3 Å². The number of nitriles is 1. The molecule has 2 heterocycles. The normalized spacial score (nSPS) is 11.9. The van der Waals surface area contributed by atoms with E-state index < -0.39 is 50.9 Å². The van der Waals surface area contributed by atoms with Crippen molar-refractivity contribution >= 4 is 21.2 Å². The number of thiophene rings is 1. The second-order valence-electron chi connectivity index (χ2n) is 8.84. The van der Waals surface area contributed by atoms with Crippen LogP contribution in [0.5, 0.6) is 0 Å². The van der Waals surface area contributed by atoms with Crippen molar-refractivity contribution in [1.29, 1.82) is 5.26 Å². The van der Waals surface area contributed by atoms with Gasteiger partial charge in [0.05, 0.1) is 33.3 Å². The first kappa shape index (κ1) is 29.2. The highest BCUT2D eigenvalue weighted by atomic mass is 32.2. The van der Waals surface area contributed by atoms with Crippen molar-refractivity contribution in [2.75, 3.05) is 5.75 Å². The predicted molar refractivity (Wildman–Crippen MR) is 142 cm³/mol. The number of benzene rings is 2. The minimum Gasteiger partial charge on any atom is -0.302 e. The summed E-state index contributed by atoms with van der Waals surface area (Å²) >= 11 is 1.000. The Morgan fingerprint density at radius 3 is 2.27 bits per heavy atom. The molecule has 0 amide bonds. The molecule has 0 aliphatic rings. The van der Waals surface area contributed by atoms with Crippen LogP contribution in [0.3, 0.4) is 0 Å². The van der Waals surface area contributed by atoms with Gasteiger partial charge in [-0.15, -0.1) is 11.3 Å². The van der Waals surface area contributed by atoms with Gasteiger partial charge in [0.25, 0.3) is 5.56 Å². The van der Waals surface area contributed by atoms with Crippen molar-refractivity contribution in [3.63, 3.8) is 0 Å². The van der Waals surface area contributed by atoms with E-state index in [2.05, 4.69) is 0 Å². The number of sulfone groups is 1. The molecule has 0 spiro atoms. The summed E-state index contributed by atoms with van der Waals surface area (Å²) in [5.41, 5.74) is -3.02. The second-order valence-corrected chi connectivity index (χ2v) is 12.2. The highest BCUT2D eigenvalue weighted by Crippen LogP contribution is 2.39. The number of aryl methyl sites for hydroxylation is 1. The van der Waals surface area contributed by atoms with E-state index in [0.29, 0.717) is 29.0 Å². The van der Waals surface area contributed by atoms with Crippen LogP contribution in [0.2, 0.25) is 0 Å². The molecule has 4 aromatic rings. The highest BCUT2D eigenvalue weighted by Gasteiger charge is 2.37. The average Bonchev–Trinajstić information content (AvgIpc) is 3.40. The van der Waals surface area contributed by atoms with E-state index in [9.17, 15) is 40.4 Å². The molecule has 0 N–H and O–H groups in total. The predicted octanol–water partition coefficient (Wildman–Crippen LogP) is 6.82. The van der Waals surface area contributed by atoms with E-state index in [0.717, 1.165) is 33.6 Å². The standard InChI is InChI=1S/C28H21F5N2O3S2/c1-3-16-9-18(11-20(10-16)40(37,38)4-2)25-7-8-26(39-25)24-13-22(28(31,32)33)21(14-34)27(36)35(24)15-17-5-6-19(29)12-23(17)30/h5-13H,3-4,15H2,1-2H3. The number of pyridine rings is 1. The summed E-state index contributed by atoms with van der Waals surface area (Å²) in [7, 11) is -3.55. The summed E-state index contributed by atoms with van der Waals surface area (Å²) in [6.45, 7) is 2.80. The van der Waals surface area contributed by atoms with Gasteiger partial charge in [-0.05, 0) is 53.9 Å². The van der Waals surface area contributed by atoms with Crippen LogP contribution in [0, 0.1) is 23.0 Å². The Morgan fingerprint density at radius 2 is 1.68 bits per heavy atom. The van der Waals surface area contributed by atoms with E-state index in [4.69, 9.17) is 0 Å². The van der Waals surface area contributed by atoms with E-state index in [1.807, 2.05) is 6.92 Å². The van der Waals surface area contributed by atoms with Gasteiger partial charge in [0, 0.05) is 16.5 Å². The summed E-state index contributed by atoms with van der Waals surface area (Å²) in [6.07, 6.45) is -4.50. The maximum atomic E-state index is 14.5. The van der Waals surface area contributed by atoms with Crippen LogP contribution < -0.4 is 5.56 Å². The number of rotatable bonds is 7. The quantitative estimate of drug-likeness (QED) is 0.221. The van der Waals surface area contributed by atoms with Crippen LogP contribution >= 0.6 is 11.3 Å². The number of aromatic nitrogens is 1. The summed E-state index contributed by atoms with van der Waals surface area (Å²) < 4.78 is 95.5. The van der Waals surface area contributed by atoms with Crippen LogP contribution in [0.15, 0.2) is 64.3 Å². The maximum absolute atomic E-state index is 14.5. The molecule has 0 atom stereocenters. The van der Waals surface area contributed by atoms with Crippen LogP contribution in [-0.2, 0) is 29.0 Å². The summed E-state index contributed by atoms with van der Waals surface area (Å²) in [4.78, 5) is 14.0. The number of alkyl halides is 3. The first-order chi connectivity index (χ1) is 18.8. The monoisotopic (exact) mass is 592 g/mol. The molecule has 0 aliphatic heterocycles. The van der Waals surface area contributed by atoms with E-state index >= 15 is 0 Å². The molecule has 4 rings (SSSR count). The topological polar surface area (TPSA) is 79.9 Å². The molecule has 12 heteroatoms. The Balaban J connectivity index is 1.94. The first-order valence-corrected chi connectivity index (χ1v) is 14.4. The fourth-order valence-corrected chi connectivity index (χ4v) is 6.13. The van der Waals surface area contributed by atoms with Crippen LogP contribution in [0.1, 0.15) is 36.1 Å². The Labute approximate surface area is 230 Å². The van der Waals surface area contributed by atoms with Gasteiger partial charge in [0.15, 0.2) is 9.84 Å². The average molecular weight is 593 g/mol. The minimum atomic E-state index is -5.03. The lowest BCUT2D eigenvalue weighted by Crippen LogP contribution is -2.28. The molecule has 0 fully saturated rings. The minimum absolute atomic E-state index is 0.112. The van der Waals surface area contributed by atoms with Crippen molar-refractivity contribution in [1.82, 2.24) is 4.57 Å². The lowest BCUT2D eigenvalue weighted by atomic mass is 10.1. The summed E-state index contributed by atoms with van der Waals surface area (Å²) in [5, 5.41) is 9.39. The fourth-order valence-electron chi connectivity index (χ4n) is 4.14. The zero-order valence-electron chi connectivity index (χ0n) is 21.1. The molecule has 5 nitrogen and oxygen atoms in total. The molecule has 0 saturated heterocycles. The van der Waals surface area contributed by atoms with Crippen LogP contribution in [-0.4, -0.2) is 18.7 Å². The molecule has 2 aromatic heterocycles. The summed E-state index contributed by atoms with van der Waals surface area (Å²) in [6, 6.07) is 12.4. The zero-order chi connectivity index (χ0) is 29.4.